The number of hydrogen-bond acceptors (Lipinski definition) is 3. The lowest BCUT2D eigenvalue weighted by Crippen LogP contribution is -2.42. The molecule has 1 fully saturated rings. The van der Waals surface area contributed by atoms with Gasteiger partial charge >= 0.3 is 6.36 Å². The second-order valence-electron chi connectivity index (χ2n) is 5.37. The molecule has 0 bridgehead atoms. The summed E-state index contributed by atoms with van der Waals surface area (Å²) in [6.07, 6.45) is -1.11. The van der Waals surface area contributed by atoms with Crippen LogP contribution in [0.4, 0.5) is 13.2 Å². The summed E-state index contributed by atoms with van der Waals surface area (Å²) in [5.74, 6) is -0.157. The van der Waals surface area contributed by atoms with E-state index in [9.17, 15) is 13.2 Å². The van der Waals surface area contributed by atoms with Gasteiger partial charge in [-0.15, -0.1) is 13.2 Å². The minimum Gasteiger partial charge on any atom is -0.405 e. The van der Waals surface area contributed by atoms with Gasteiger partial charge in [0.25, 0.3) is 0 Å². The molecule has 3 nitrogen and oxygen atoms in total. The fourth-order valence-corrected chi connectivity index (χ4v) is 2.79. The number of benzene rings is 1. The standard InChI is InChI=1S/C15H20F3NO2/c1-19-12(10-14(20-2)8-5-9-14)11-6-3-4-7-13(11)21-15(16,17)18/h3-4,6-7,12,19H,5,8-10H2,1-2H3. The number of methoxy groups -OCH3 is 1. The molecule has 0 aliphatic heterocycles. The van der Waals surface area contributed by atoms with Crippen molar-refractivity contribution in [2.24, 2.45) is 0 Å². The van der Waals surface area contributed by atoms with Gasteiger partial charge in [-0.1, -0.05) is 18.2 Å². The van der Waals surface area contributed by atoms with Crippen LogP contribution in [0.2, 0.25) is 0 Å². The molecule has 1 atom stereocenters. The van der Waals surface area contributed by atoms with Crippen LogP contribution in [-0.4, -0.2) is 26.1 Å². The molecular weight excluding hydrogens is 283 g/mol. The Balaban J connectivity index is 2.21. The van der Waals surface area contributed by atoms with Gasteiger partial charge in [0.2, 0.25) is 0 Å². The van der Waals surface area contributed by atoms with Crippen LogP contribution < -0.4 is 10.1 Å². The van der Waals surface area contributed by atoms with Gasteiger partial charge in [-0.25, -0.2) is 0 Å². The van der Waals surface area contributed by atoms with Crippen LogP contribution >= 0.6 is 0 Å². The third kappa shape index (κ3) is 3.89. The Morgan fingerprint density at radius 2 is 1.95 bits per heavy atom. The van der Waals surface area contributed by atoms with E-state index < -0.39 is 6.36 Å². The first-order chi connectivity index (χ1) is 9.89. The van der Waals surface area contributed by atoms with Crippen molar-refractivity contribution in [3.05, 3.63) is 29.8 Å². The Bertz CT molecular complexity index is 467. The van der Waals surface area contributed by atoms with Crippen LogP contribution in [0.3, 0.4) is 0 Å². The van der Waals surface area contributed by atoms with Crippen LogP contribution in [0.1, 0.15) is 37.3 Å². The molecule has 1 saturated carbocycles. The van der Waals surface area contributed by atoms with E-state index in [1.165, 1.54) is 12.1 Å². The second-order valence-corrected chi connectivity index (χ2v) is 5.37. The number of ether oxygens (including phenoxy) is 2. The summed E-state index contributed by atoms with van der Waals surface area (Å²) < 4.78 is 47.2. The number of nitrogens with one attached hydrogen (secondary N) is 1. The molecule has 0 amide bonds. The normalized spacial score (nSPS) is 18.9. The molecule has 118 valence electrons. The molecule has 1 aliphatic rings. The SMILES string of the molecule is CNC(CC1(OC)CCC1)c1ccccc1OC(F)(F)F. The Hall–Kier alpha value is -1.27. The van der Waals surface area contributed by atoms with Crippen LogP contribution in [0.5, 0.6) is 5.75 Å². The molecule has 0 heterocycles. The Labute approximate surface area is 122 Å². The highest BCUT2D eigenvalue weighted by Gasteiger charge is 2.40. The molecule has 6 heteroatoms. The molecule has 1 aliphatic carbocycles. The first kappa shape index (κ1) is 16.1. The fraction of sp³-hybridized carbons (Fsp3) is 0.600. The summed E-state index contributed by atoms with van der Waals surface area (Å²) in [4.78, 5) is 0. The maximum Gasteiger partial charge on any atom is 0.573 e. The number of para-hydroxylation sites is 1. The van der Waals surface area contributed by atoms with Gasteiger partial charge in [-0.3, -0.25) is 0 Å². The van der Waals surface area contributed by atoms with Crippen molar-refractivity contribution in [2.75, 3.05) is 14.2 Å². The minimum atomic E-state index is -4.69. The Kier molecular flexibility index (Phi) is 4.78. The van der Waals surface area contributed by atoms with Gasteiger partial charge in [0.15, 0.2) is 0 Å². The molecule has 1 aromatic carbocycles. The summed E-state index contributed by atoms with van der Waals surface area (Å²) in [6.45, 7) is 0. The predicted molar refractivity (Wildman–Crippen MR) is 73.1 cm³/mol. The maximum atomic E-state index is 12.5. The van der Waals surface area contributed by atoms with Crippen LogP contribution in [-0.2, 0) is 4.74 Å². The molecular formula is C15H20F3NO2. The molecule has 0 radical (unpaired) electrons. The minimum absolute atomic E-state index is 0.157. The van der Waals surface area contributed by atoms with Gasteiger partial charge in [0.1, 0.15) is 5.75 Å². The molecule has 1 aromatic rings. The third-order valence-electron chi connectivity index (χ3n) is 4.14. The Morgan fingerprint density at radius 1 is 1.29 bits per heavy atom. The molecule has 0 spiro atoms. The van der Waals surface area contributed by atoms with Crippen molar-refractivity contribution < 1.29 is 22.6 Å². The Morgan fingerprint density at radius 3 is 2.43 bits per heavy atom. The van der Waals surface area contributed by atoms with Crippen LogP contribution in [0.25, 0.3) is 0 Å². The van der Waals surface area contributed by atoms with Crippen molar-refractivity contribution in [1.82, 2.24) is 5.32 Å². The monoisotopic (exact) mass is 303 g/mol. The average Bonchev–Trinajstić information content (AvgIpc) is 2.38. The lowest BCUT2D eigenvalue weighted by Gasteiger charge is -2.43. The maximum absolute atomic E-state index is 12.5. The number of alkyl halides is 3. The zero-order valence-electron chi connectivity index (χ0n) is 12.2. The highest BCUT2D eigenvalue weighted by molar-refractivity contribution is 5.36. The van der Waals surface area contributed by atoms with Crippen molar-refractivity contribution in [3.8, 4) is 5.75 Å². The van der Waals surface area contributed by atoms with Gasteiger partial charge < -0.3 is 14.8 Å². The molecule has 1 N–H and O–H groups in total. The number of halogens is 3. The summed E-state index contributed by atoms with van der Waals surface area (Å²) in [5.41, 5.74) is 0.264. The summed E-state index contributed by atoms with van der Waals surface area (Å²) in [5, 5.41) is 3.08. The largest absolute Gasteiger partial charge is 0.573 e. The van der Waals surface area contributed by atoms with Gasteiger partial charge in [0.05, 0.1) is 5.60 Å². The van der Waals surface area contributed by atoms with E-state index in [1.54, 1.807) is 26.3 Å². The number of hydrogen-bond donors (Lipinski definition) is 1. The summed E-state index contributed by atoms with van der Waals surface area (Å²) >= 11 is 0. The van der Waals surface area contributed by atoms with E-state index in [-0.39, 0.29) is 17.4 Å². The predicted octanol–water partition coefficient (Wildman–Crippen LogP) is 3.80. The van der Waals surface area contributed by atoms with E-state index in [4.69, 9.17) is 4.74 Å². The average molecular weight is 303 g/mol. The zero-order chi connectivity index (χ0) is 15.5. The highest BCUT2D eigenvalue weighted by Crippen LogP contribution is 2.43. The van der Waals surface area contributed by atoms with Gasteiger partial charge in [0, 0.05) is 18.7 Å². The molecule has 0 saturated heterocycles. The molecule has 1 unspecified atom stereocenters. The van der Waals surface area contributed by atoms with E-state index in [0.717, 1.165) is 19.3 Å². The lowest BCUT2D eigenvalue weighted by molar-refractivity contribution is -0.275. The van der Waals surface area contributed by atoms with Gasteiger partial charge in [-0.2, -0.15) is 0 Å². The van der Waals surface area contributed by atoms with Crippen LogP contribution in [0.15, 0.2) is 24.3 Å². The number of rotatable bonds is 6. The van der Waals surface area contributed by atoms with Crippen molar-refractivity contribution in [3.63, 3.8) is 0 Å². The van der Waals surface area contributed by atoms with E-state index in [1.807, 2.05) is 0 Å². The third-order valence-corrected chi connectivity index (χ3v) is 4.14. The summed E-state index contributed by atoms with van der Waals surface area (Å²) in [6, 6.07) is 6.00. The molecule has 0 aromatic heterocycles. The zero-order valence-corrected chi connectivity index (χ0v) is 12.2. The topological polar surface area (TPSA) is 30.5 Å². The first-order valence-electron chi connectivity index (χ1n) is 6.96. The van der Waals surface area contributed by atoms with Crippen molar-refractivity contribution >= 4 is 0 Å². The van der Waals surface area contributed by atoms with Crippen molar-refractivity contribution in [2.45, 2.75) is 43.7 Å². The molecule has 2 rings (SSSR count). The van der Waals surface area contributed by atoms with Crippen molar-refractivity contribution in [1.29, 1.82) is 0 Å². The quantitative estimate of drug-likeness (QED) is 0.867. The molecule has 21 heavy (non-hydrogen) atoms. The lowest BCUT2D eigenvalue weighted by atomic mass is 9.74. The summed E-state index contributed by atoms with van der Waals surface area (Å²) in [7, 11) is 3.39. The first-order valence-corrected chi connectivity index (χ1v) is 6.96. The highest BCUT2D eigenvalue weighted by atomic mass is 19.4. The van der Waals surface area contributed by atoms with E-state index in [2.05, 4.69) is 10.1 Å². The fourth-order valence-electron chi connectivity index (χ4n) is 2.79. The van der Waals surface area contributed by atoms with E-state index in [0.29, 0.717) is 12.0 Å². The van der Waals surface area contributed by atoms with Crippen LogP contribution in [0, 0.1) is 0 Å². The van der Waals surface area contributed by atoms with E-state index >= 15 is 0 Å². The smallest absolute Gasteiger partial charge is 0.405 e. The van der Waals surface area contributed by atoms with Gasteiger partial charge in [-0.05, 0) is 38.8 Å². The second kappa shape index (κ2) is 6.23.